The number of ether oxygens (including phenoxy) is 1. The van der Waals surface area contributed by atoms with Gasteiger partial charge in [-0.25, -0.2) is 9.38 Å². The van der Waals surface area contributed by atoms with Crippen LogP contribution in [0.4, 0.5) is 4.39 Å². The molecule has 3 heteroatoms. The molecule has 1 atom stereocenters. The van der Waals surface area contributed by atoms with Gasteiger partial charge in [0.1, 0.15) is 6.61 Å². The normalized spacial score (nSPS) is 18.9. The predicted octanol–water partition coefficient (Wildman–Crippen LogP) is 6.86. The van der Waals surface area contributed by atoms with Crippen LogP contribution < -0.4 is 0 Å². The van der Waals surface area contributed by atoms with Gasteiger partial charge in [-0.05, 0) is 79.2 Å². The first-order valence-electron chi connectivity index (χ1n) is 9.33. The molecule has 25 heavy (non-hydrogen) atoms. The largest absolute Gasteiger partial charge is 0.473 e. The Morgan fingerprint density at radius 2 is 1.44 bits per heavy atom. The van der Waals surface area contributed by atoms with Crippen LogP contribution in [0.2, 0.25) is 0 Å². The topological polar surface area (TPSA) is 21.6 Å². The lowest BCUT2D eigenvalue weighted by atomic mass is 10.0. The molecular formula is C22H34FNO. The molecule has 1 aliphatic heterocycles. The van der Waals surface area contributed by atoms with Crippen LogP contribution in [0.3, 0.4) is 0 Å². The van der Waals surface area contributed by atoms with Crippen LogP contribution in [0.5, 0.6) is 0 Å². The van der Waals surface area contributed by atoms with Gasteiger partial charge < -0.3 is 4.74 Å². The van der Waals surface area contributed by atoms with Crippen molar-refractivity contribution in [1.82, 2.24) is 0 Å². The molecule has 0 fully saturated rings. The Hall–Kier alpha value is -1.64. The Morgan fingerprint density at radius 1 is 0.920 bits per heavy atom. The van der Waals surface area contributed by atoms with Gasteiger partial charge in [0.2, 0.25) is 12.2 Å². The Morgan fingerprint density at radius 3 is 1.92 bits per heavy atom. The molecule has 0 aromatic carbocycles. The maximum Gasteiger partial charge on any atom is 0.227 e. The molecule has 0 radical (unpaired) electrons. The van der Waals surface area contributed by atoms with Crippen LogP contribution >= 0.6 is 0 Å². The van der Waals surface area contributed by atoms with E-state index < -0.39 is 6.30 Å². The summed E-state index contributed by atoms with van der Waals surface area (Å²) >= 11 is 0. The number of aliphatic imine (C=N–C) groups is 1. The SMILES string of the molecule is CC(C)=CCCC(C)=CCCC(C)=CCCC(C)=CC1=NC(F)CO1. The molecule has 0 aromatic heterocycles. The van der Waals surface area contributed by atoms with E-state index in [2.05, 4.69) is 50.9 Å². The van der Waals surface area contributed by atoms with Gasteiger partial charge in [0.25, 0.3) is 0 Å². The van der Waals surface area contributed by atoms with E-state index in [1.54, 1.807) is 0 Å². The zero-order chi connectivity index (χ0) is 18.7. The van der Waals surface area contributed by atoms with E-state index in [0.717, 1.165) is 38.5 Å². The standard InChI is InChI=1S/C22H34FNO/c1-17(2)9-6-10-18(3)11-7-12-19(4)13-8-14-20(5)15-22-24-21(23)16-25-22/h9,11,13,15,21H,6-8,10,12,14,16H2,1-5H3. The first kappa shape index (κ1) is 21.4. The van der Waals surface area contributed by atoms with Crippen LogP contribution in [-0.2, 0) is 4.74 Å². The molecule has 1 aliphatic rings. The van der Waals surface area contributed by atoms with Crippen molar-refractivity contribution in [3.8, 4) is 0 Å². The molecule has 0 spiro atoms. The highest BCUT2D eigenvalue weighted by atomic mass is 19.1. The minimum atomic E-state index is -1.19. The number of alkyl halides is 1. The summed E-state index contributed by atoms with van der Waals surface area (Å²) in [6, 6.07) is 0. The maximum absolute atomic E-state index is 12.9. The smallest absolute Gasteiger partial charge is 0.227 e. The Bertz CT molecular complexity index is 563. The predicted molar refractivity (Wildman–Crippen MR) is 107 cm³/mol. The van der Waals surface area contributed by atoms with Gasteiger partial charge in [-0.3, -0.25) is 0 Å². The average molecular weight is 348 g/mol. The Labute approximate surface area is 153 Å². The van der Waals surface area contributed by atoms with Gasteiger partial charge >= 0.3 is 0 Å². The van der Waals surface area contributed by atoms with Gasteiger partial charge in [0, 0.05) is 0 Å². The number of hydrogen-bond acceptors (Lipinski definition) is 2. The van der Waals surface area contributed by atoms with Crippen molar-refractivity contribution in [3.63, 3.8) is 0 Å². The summed E-state index contributed by atoms with van der Waals surface area (Å²) in [5.41, 5.74) is 5.48. The summed E-state index contributed by atoms with van der Waals surface area (Å²) in [5, 5.41) is 0. The summed E-state index contributed by atoms with van der Waals surface area (Å²) in [7, 11) is 0. The van der Waals surface area contributed by atoms with Gasteiger partial charge in [0.05, 0.1) is 0 Å². The lowest BCUT2D eigenvalue weighted by Gasteiger charge is -2.03. The summed E-state index contributed by atoms with van der Waals surface area (Å²) in [6.45, 7) is 10.8. The molecule has 1 rings (SSSR count). The van der Waals surface area contributed by atoms with Crippen molar-refractivity contribution in [2.45, 2.75) is 79.4 Å². The first-order chi connectivity index (χ1) is 11.9. The fourth-order valence-electron chi connectivity index (χ4n) is 2.61. The van der Waals surface area contributed by atoms with Gasteiger partial charge in [-0.2, -0.15) is 0 Å². The Kier molecular flexibility index (Phi) is 10.1. The van der Waals surface area contributed by atoms with E-state index in [0.29, 0.717) is 5.90 Å². The average Bonchev–Trinajstić information content (AvgIpc) is 2.91. The quantitative estimate of drug-likeness (QED) is 0.312. The van der Waals surface area contributed by atoms with E-state index in [1.165, 1.54) is 22.3 Å². The van der Waals surface area contributed by atoms with Gasteiger partial charge in [-0.15, -0.1) is 0 Å². The van der Waals surface area contributed by atoms with Gasteiger partial charge in [0.15, 0.2) is 0 Å². The number of halogens is 1. The highest BCUT2D eigenvalue weighted by molar-refractivity contribution is 5.89. The van der Waals surface area contributed by atoms with Crippen LogP contribution in [-0.4, -0.2) is 18.8 Å². The minimum absolute atomic E-state index is 0.0550. The van der Waals surface area contributed by atoms with Gasteiger partial charge in [-0.1, -0.05) is 40.5 Å². The maximum atomic E-state index is 12.9. The van der Waals surface area contributed by atoms with Crippen LogP contribution in [0.25, 0.3) is 0 Å². The second-order valence-electron chi connectivity index (χ2n) is 7.20. The van der Waals surface area contributed by atoms with Crippen molar-refractivity contribution in [2.24, 2.45) is 4.99 Å². The number of rotatable bonds is 10. The molecule has 2 nitrogen and oxygen atoms in total. The van der Waals surface area contributed by atoms with Crippen LogP contribution in [0.1, 0.15) is 73.1 Å². The molecule has 0 aliphatic carbocycles. The van der Waals surface area contributed by atoms with Crippen molar-refractivity contribution in [1.29, 1.82) is 0 Å². The number of hydrogen-bond donors (Lipinski definition) is 0. The van der Waals surface area contributed by atoms with Crippen molar-refractivity contribution >= 4 is 5.90 Å². The summed E-state index contributed by atoms with van der Waals surface area (Å²) in [4.78, 5) is 3.79. The zero-order valence-corrected chi connectivity index (χ0v) is 16.6. The molecule has 1 heterocycles. The third-order valence-corrected chi connectivity index (χ3v) is 4.16. The molecule has 0 saturated carbocycles. The third kappa shape index (κ3) is 10.8. The lowest BCUT2D eigenvalue weighted by molar-refractivity contribution is 0.235. The molecule has 0 N–H and O–H groups in total. The summed E-state index contributed by atoms with van der Waals surface area (Å²) in [6.07, 6.45) is 14.1. The molecular weight excluding hydrogens is 313 g/mol. The lowest BCUT2D eigenvalue weighted by Crippen LogP contribution is -1.97. The van der Waals surface area contributed by atoms with E-state index >= 15 is 0 Å². The van der Waals surface area contributed by atoms with Crippen molar-refractivity contribution in [2.75, 3.05) is 6.61 Å². The molecule has 140 valence electrons. The summed E-state index contributed by atoms with van der Waals surface area (Å²) in [5.74, 6) is 0.430. The van der Waals surface area contributed by atoms with Crippen molar-refractivity contribution < 1.29 is 9.13 Å². The monoisotopic (exact) mass is 347 g/mol. The van der Waals surface area contributed by atoms with E-state index in [-0.39, 0.29) is 6.61 Å². The zero-order valence-electron chi connectivity index (χ0n) is 16.6. The molecule has 0 bridgehead atoms. The highest BCUT2D eigenvalue weighted by Crippen LogP contribution is 2.14. The first-order valence-corrected chi connectivity index (χ1v) is 9.33. The van der Waals surface area contributed by atoms with Crippen molar-refractivity contribution in [3.05, 3.63) is 46.6 Å². The Balaban J connectivity index is 2.26. The second kappa shape index (κ2) is 11.8. The fraction of sp³-hybridized carbons (Fsp3) is 0.591. The van der Waals surface area contributed by atoms with E-state index in [1.807, 2.05) is 13.0 Å². The fourth-order valence-corrected chi connectivity index (χ4v) is 2.61. The van der Waals surface area contributed by atoms with E-state index in [4.69, 9.17) is 4.74 Å². The number of allylic oxidation sites excluding steroid dienone is 7. The highest BCUT2D eigenvalue weighted by Gasteiger charge is 2.15. The van der Waals surface area contributed by atoms with Crippen LogP contribution in [0, 0.1) is 0 Å². The second-order valence-corrected chi connectivity index (χ2v) is 7.20. The van der Waals surface area contributed by atoms with E-state index in [9.17, 15) is 4.39 Å². The molecule has 0 aromatic rings. The molecule has 0 saturated heterocycles. The minimum Gasteiger partial charge on any atom is -0.473 e. The summed E-state index contributed by atoms with van der Waals surface area (Å²) < 4.78 is 18.1. The molecule has 0 amide bonds. The number of nitrogens with zero attached hydrogens (tertiary/aromatic N) is 1. The van der Waals surface area contributed by atoms with Crippen LogP contribution in [0.15, 0.2) is 51.6 Å². The molecule has 1 unspecified atom stereocenters. The third-order valence-electron chi connectivity index (χ3n) is 4.16.